The van der Waals surface area contributed by atoms with Crippen molar-refractivity contribution >= 4 is 11.7 Å². The Hall–Kier alpha value is -2.17. The molecule has 2 aromatic rings. The normalized spacial score (nSPS) is 10.7. The van der Waals surface area contributed by atoms with Crippen molar-refractivity contribution in [1.29, 1.82) is 0 Å². The Morgan fingerprint density at radius 2 is 2.17 bits per heavy atom. The minimum Gasteiger partial charge on any atom is -0.305 e. The zero-order valence-corrected chi connectivity index (χ0v) is 10.2. The Morgan fingerprint density at radius 1 is 1.39 bits per heavy atom. The summed E-state index contributed by atoms with van der Waals surface area (Å²) in [5, 5.41) is 9.42. The first-order chi connectivity index (χ1) is 8.56. The number of carbonyl (C=O) groups excluding carboxylic acids is 1. The number of benzene rings is 1. The van der Waals surface area contributed by atoms with Gasteiger partial charge >= 0.3 is 0 Å². The minimum absolute atomic E-state index is 0.268. The molecule has 0 aliphatic heterocycles. The molecule has 5 heteroatoms. The molecule has 0 unspecified atom stereocenters. The van der Waals surface area contributed by atoms with Gasteiger partial charge in [0.1, 0.15) is 5.82 Å². The molecule has 1 aromatic carbocycles. The second-order valence-electron chi connectivity index (χ2n) is 4.33. The van der Waals surface area contributed by atoms with Crippen LogP contribution in [0.5, 0.6) is 0 Å². The van der Waals surface area contributed by atoms with E-state index >= 15 is 0 Å². The smallest absolute Gasteiger partial charge is 0.256 e. The number of aromatic nitrogens is 2. The molecule has 1 aromatic heterocycles. The first kappa shape index (κ1) is 12.3. The molecule has 0 atom stereocenters. The summed E-state index contributed by atoms with van der Waals surface area (Å²) in [5.41, 5.74) is 1.20. The van der Waals surface area contributed by atoms with E-state index in [9.17, 15) is 9.18 Å². The van der Waals surface area contributed by atoms with Gasteiger partial charge in [-0.05, 0) is 24.1 Å². The van der Waals surface area contributed by atoms with E-state index in [0.29, 0.717) is 11.7 Å². The third kappa shape index (κ3) is 2.74. The van der Waals surface area contributed by atoms with Gasteiger partial charge in [-0.3, -0.25) is 9.89 Å². The molecule has 1 amide bonds. The Morgan fingerprint density at radius 3 is 2.78 bits per heavy atom. The maximum absolute atomic E-state index is 13.0. The lowest BCUT2D eigenvalue weighted by molar-refractivity contribution is 0.102. The predicted molar refractivity (Wildman–Crippen MR) is 67.0 cm³/mol. The molecule has 18 heavy (non-hydrogen) atoms. The maximum atomic E-state index is 13.0. The number of halogens is 1. The molecule has 0 bridgehead atoms. The van der Waals surface area contributed by atoms with Gasteiger partial charge in [0.05, 0.1) is 0 Å². The van der Waals surface area contributed by atoms with Gasteiger partial charge in [0, 0.05) is 17.3 Å². The second-order valence-corrected chi connectivity index (χ2v) is 4.33. The summed E-state index contributed by atoms with van der Waals surface area (Å²) in [7, 11) is 0. The highest BCUT2D eigenvalue weighted by atomic mass is 19.1. The number of H-pyrrole nitrogens is 1. The van der Waals surface area contributed by atoms with E-state index in [1.165, 1.54) is 18.2 Å². The van der Waals surface area contributed by atoms with Crippen LogP contribution in [0.3, 0.4) is 0 Å². The summed E-state index contributed by atoms with van der Waals surface area (Å²) >= 11 is 0. The van der Waals surface area contributed by atoms with Crippen molar-refractivity contribution in [2.45, 2.75) is 19.8 Å². The molecular formula is C13H14FN3O. The molecule has 0 aliphatic rings. The van der Waals surface area contributed by atoms with Crippen LogP contribution in [-0.2, 0) is 0 Å². The highest BCUT2D eigenvalue weighted by Gasteiger charge is 2.10. The molecule has 4 nitrogen and oxygen atoms in total. The lowest BCUT2D eigenvalue weighted by Crippen LogP contribution is -2.12. The quantitative estimate of drug-likeness (QED) is 0.876. The van der Waals surface area contributed by atoms with Crippen molar-refractivity contribution in [2.24, 2.45) is 0 Å². The standard InChI is InChI=1S/C13H14FN3O/c1-8(2)11-7-12(17-16-11)15-13(18)9-4-3-5-10(14)6-9/h3-8H,1-2H3,(H2,15,16,17,18). The van der Waals surface area contributed by atoms with E-state index in [2.05, 4.69) is 15.5 Å². The highest BCUT2D eigenvalue weighted by Crippen LogP contribution is 2.15. The van der Waals surface area contributed by atoms with Gasteiger partial charge in [-0.2, -0.15) is 5.10 Å². The van der Waals surface area contributed by atoms with Crippen molar-refractivity contribution < 1.29 is 9.18 Å². The van der Waals surface area contributed by atoms with Crippen LogP contribution >= 0.6 is 0 Å². The Balaban J connectivity index is 2.11. The third-order valence-corrected chi connectivity index (χ3v) is 2.55. The number of aromatic amines is 1. The van der Waals surface area contributed by atoms with Crippen LogP contribution in [0.2, 0.25) is 0 Å². The SMILES string of the molecule is CC(C)c1cc(NC(=O)c2cccc(F)c2)n[nH]1. The van der Waals surface area contributed by atoms with Gasteiger partial charge < -0.3 is 5.32 Å². The van der Waals surface area contributed by atoms with Crippen molar-refractivity contribution in [3.63, 3.8) is 0 Å². The van der Waals surface area contributed by atoms with Crippen LogP contribution in [-0.4, -0.2) is 16.1 Å². The van der Waals surface area contributed by atoms with Gasteiger partial charge in [-0.25, -0.2) is 4.39 Å². The Bertz CT molecular complexity index is 563. The number of rotatable bonds is 3. The van der Waals surface area contributed by atoms with Crippen LogP contribution in [0, 0.1) is 5.82 Å². The molecule has 0 radical (unpaired) electrons. The fraction of sp³-hybridized carbons (Fsp3) is 0.231. The molecular weight excluding hydrogens is 233 g/mol. The lowest BCUT2D eigenvalue weighted by Gasteiger charge is -2.01. The molecule has 0 spiro atoms. The van der Waals surface area contributed by atoms with Gasteiger partial charge in [0.15, 0.2) is 5.82 Å². The molecule has 2 rings (SSSR count). The summed E-state index contributed by atoms with van der Waals surface area (Å²) in [6.45, 7) is 4.04. The van der Waals surface area contributed by atoms with Crippen LogP contribution in [0.15, 0.2) is 30.3 Å². The van der Waals surface area contributed by atoms with Crippen molar-refractivity contribution in [2.75, 3.05) is 5.32 Å². The zero-order chi connectivity index (χ0) is 13.1. The number of hydrogen-bond acceptors (Lipinski definition) is 2. The van der Waals surface area contributed by atoms with E-state index in [4.69, 9.17) is 0 Å². The van der Waals surface area contributed by atoms with Crippen LogP contribution in [0.25, 0.3) is 0 Å². The fourth-order valence-electron chi connectivity index (χ4n) is 1.51. The number of nitrogens with zero attached hydrogens (tertiary/aromatic N) is 1. The number of nitrogens with one attached hydrogen (secondary N) is 2. The lowest BCUT2D eigenvalue weighted by atomic mass is 10.1. The largest absolute Gasteiger partial charge is 0.305 e. The summed E-state index contributed by atoms with van der Waals surface area (Å²) in [6, 6.07) is 7.29. The molecule has 0 saturated heterocycles. The maximum Gasteiger partial charge on any atom is 0.256 e. The van der Waals surface area contributed by atoms with Gasteiger partial charge in [0.25, 0.3) is 5.91 Å². The Kier molecular flexibility index (Phi) is 3.41. The molecule has 94 valence electrons. The monoisotopic (exact) mass is 247 g/mol. The number of anilines is 1. The number of amides is 1. The van der Waals surface area contributed by atoms with E-state index in [0.717, 1.165) is 5.69 Å². The molecule has 0 fully saturated rings. The van der Waals surface area contributed by atoms with E-state index in [1.54, 1.807) is 12.1 Å². The van der Waals surface area contributed by atoms with Crippen molar-refractivity contribution in [1.82, 2.24) is 10.2 Å². The zero-order valence-electron chi connectivity index (χ0n) is 10.2. The van der Waals surface area contributed by atoms with E-state index in [1.807, 2.05) is 13.8 Å². The topological polar surface area (TPSA) is 57.8 Å². The average molecular weight is 247 g/mol. The molecule has 0 saturated carbocycles. The highest BCUT2D eigenvalue weighted by molar-refractivity contribution is 6.03. The van der Waals surface area contributed by atoms with Crippen LogP contribution in [0.1, 0.15) is 35.8 Å². The van der Waals surface area contributed by atoms with Crippen LogP contribution in [0.4, 0.5) is 10.2 Å². The van der Waals surface area contributed by atoms with Gasteiger partial charge in [-0.1, -0.05) is 19.9 Å². The Labute approximate surface area is 104 Å². The second kappa shape index (κ2) is 5.00. The molecule has 0 aliphatic carbocycles. The molecule has 2 N–H and O–H groups in total. The first-order valence-electron chi connectivity index (χ1n) is 5.68. The van der Waals surface area contributed by atoms with E-state index < -0.39 is 5.82 Å². The fourth-order valence-corrected chi connectivity index (χ4v) is 1.51. The summed E-state index contributed by atoms with van der Waals surface area (Å²) < 4.78 is 13.0. The van der Waals surface area contributed by atoms with E-state index in [-0.39, 0.29) is 11.5 Å². The average Bonchev–Trinajstić information content (AvgIpc) is 2.77. The number of hydrogen-bond donors (Lipinski definition) is 2. The van der Waals surface area contributed by atoms with Crippen molar-refractivity contribution in [3.8, 4) is 0 Å². The summed E-state index contributed by atoms with van der Waals surface area (Å²) in [4.78, 5) is 11.8. The summed E-state index contributed by atoms with van der Waals surface area (Å²) in [5.74, 6) is -0.0749. The van der Waals surface area contributed by atoms with Gasteiger partial charge in [0.2, 0.25) is 0 Å². The predicted octanol–water partition coefficient (Wildman–Crippen LogP) is 2.92. The first-order valence-corrected chi connectivity index (χ1v) is 5.68. The molecule has 1 heterocycles. The number of carbonyl (C=O) groups is 1. The van der Waals surface area contributed by atoms with Crippen molar-refractivity contribution in [3.05, 3.63) is 47.4 Å². The minimum atomic E-state index is -0.437. The van der Waals surface area contributed by atoms with Gasteiger partial charge in [-0.15, -0.1) is 0 Å². The summed E-state index contributed by atoms with van der Waals surface area (Å²) in [6.07, 6.45) is 0. The third-order valence-electron chi connectivity index (χ3n) is 2.55. The van der Waals surface area contributed by atoms with Crippen LogP contribution < -0.4 is 5.32 Å².